The van der Waals surface area contributed by atoms with Crippen molar-refractivity contribution in [1.82, 2.24) is 19.7 Å². The first-order valence-electron chi connectivity index (χ1n) is 8.90. The number of nitrogens with one attached hydrogen (secondary N) is 2. The quantitative estimate of drug-likeness (QED) is 0.731. The molecule has 5 rings (SSSR count). The fourth-order valence-electron chi connectivity index (χ4n) is 3.15. The minimum atomic E-state index is -0.240. The van der Waals surface area contributed by atoms with E-state index in [4.69, 9.17) is 4.42 Å². The molecule has 3 aromatic rings. The summed E-state index contributed by atoms with van der Waals surface area (Å²) in [5.74, 6) is 0.928. The van der Waals surface area contributed by atoms with Crippen LogP contribution < -0.4 is 10.6 Å². The lowest BCUT2D eigenvalue weighted by Crippen LogP contribution is -2.18. The molecular formula is C18H20N6O2. The van der Waals surface area contributed by atoms with E-state index in [9.17, 15) is 4.79 Å². The summed E-state index contributed by atoms with van der Waals surface area (Å²) in [6.45, 7) is 3.91. The number of aryl methyl sites for hydroxylation is 1. The number of amides is 1. The summed E-state index contributed by atoms with van der Waals surface area (Å²) >= 11 is 0. The lowest BCUT2D eigenvalue weighted by Gasteiger charge is -2.13. The Hall–Kier alpha value is -2.90. The van der Waals surface area contributed by atoms with Gasteiger partial charge in [0.15, 0.2) is 0 Å². The molecule has 0 aromatic carbocycles. The Morgan fingerprint density at radius 2 is 2.15 bits per heavy atom. The Labute approximate surface area is 150 Å². The average molecular weight is 352 g/mol. The summed E-state index contributed by atoms with van der Waals surface area (Å²) in [7, 11) is 0. The fraction of sp³-hybridized carbons (Fsp3) is 0.444. The number of carbonyl (C=O) groups excluding carboxylic acids is 1. The van der Waals surface area contributed by atoms with Gasteiger partial charge in [0.2, 0.25) is 5.71 Å². The summed E-state index contributed by atoms with van der Waals surface area (Å²) < 4.78 is 7.62. The molecule has 0 saturated heterocycles. The highest BCUT2D eigenvalue weighted by Crippen LogP contribution is 2.40. The standard InChI is InChI=1S/C18H20N6O2/c1-10-13(16(25)22-11-7-21-24(8-11)12-3-4-12)14-15(23-18(2)5-6-18)19-9-20-17(14)26-10/h7-9,12H,3-6H2,1-2H3,(H,22,25)(H,19,20,23). The largest absolute Gasteiger partial charge is 0.442 e. The van der Waals surface area contributed by atoms with Crippen LogP contribution in [0.5, 0.6) is 0 Å². The van der Waals surface area contributed by atoms with Crippen LogP contribution in [0.1, 0.15) is 54.8 Å². The van der Waals surface area contributed by atoms with Gasteiger partial charge in [-0.05, 0) is 39.5 Å². The van der Waals surface area contributed by atoms with Crippen molar-refractivity contribution >= 4 is 28.5 Å². The normalized spacial score (nSPS) is 18.1. The third-order valence-corrected chi connectivity index (χ3v) is 5.09. The van der Waals surface area contributed by atoms with E-state index < -0.39 is 0 Å². The third-order valence-electron chi connectivity index (χ3n) is 5.09. The van der Waals surface area contributed by atoms with E-state index in [2.05, 4.69) is 32.6 Å². The predicted octanol–water partition coefficient (Wildman–Crippen LogP) is 3.28. The van der Waals surface area contributed by atoms with Gasteiger partial charge in [-0.2, -0.15) is 5.10 Å². The fourth-order valence-corrected chi connectivity index (χ4v) is 3.15. The van der Waals surface area contributed by atoms with Crippen LogP contribution in [0.25, 0.3) is 11.1 Å². The van der Waals surface area contributed by atoms with Crippen molar-refractivity contribution in [3.63, 3.8) is 0 Å². The monoisotopic (exact) mass is 352 g/mol. The first-order chi connectivity index (χ1) is 12.5. The molecule has 8 nitrogen and oxygen atoms in total. The van der Waals surface area contributed by atoms with Crippen molar-refractivity contribution in [2.45, 2.75) is 51.1 Å². The highest BCUT2D eigenvalue weighted by molar-refractivity contribution is 6.15. The van der Waals surface area contributed by atoms with Crippen LogP contribution in [-0.2, 0) is 0 Å². The van der Waals surface area contributed by atoms with Crippen LogP contribution in [0.4, 0.5) is 11.5 Å². The maximum atomic E-state index is 12.9. The number of aromatic nitrogens is 4. The average Bonchev–Trinajstić information content (AvgIpc) is 3.49. The molecule has 1 amide bonds. The van der Waals surface area contributed by atoms with Crippen LogP contribution in [0, 0.1) is 6.92 Å². The zero-order chi connectivity index (χ0) is 17.9. The highest BCUT2D eigenvalue weighted by Gasteiger charge is 2.38. The minimum absolute atomic E-state index is 0.0333. The molecule has 0 radical (unpaired) electrons. The molecule has 134 valence electrons. The van der Waals surface area contributed by atoms with E-state index in [0.29, 0.717) is 40.0 Å². The molecule has 0 spiro atoms. The van der Waals surface area contributed by atoms with Gasteiger partial charge in [0.25, 0.3) is 5.91 Å². The second kappa shape index (κ2) is 5.30. The van der Waals surface area contributed by atoms with Crippen LogP contribution in [0.2, 0.25) is 0 Å². The van der Waals surface area contributed by atoms with Gasteiger partial charge in [-0.3, -0.25) is 9.48 Å². The Bertz CT molecular complexity index is 1010. The predicted molar refractivity (Wildman–Crippen MR) is 96.3 cm³/mol. The van der Waals surface area contributed by atoms with Gasteiger partial charge in [0, 0.05) is 11.7 Å². The molecule has 2 aliphatic carbocycles. The molecular weight excluding hydrogens is 332 g/mol. The molecule has 0 bridgehead atoms. The second-order valence-electron chi connectivity index (χ2n) is 7.52. The maximum Gasteiger partial charge on any atom is 0.260 e. The number of rotatable bonds is 5. The van der Waals surface area contributed by atoms with Crippen LogP contribution in [0.3, 0.4) is 0 Å². The van der Waals surface area contributed by atoms with Crippen molar-refractivity contribution in [2.75, 3.05) is 10.6 Å². The number of furan rings is 1. The van der Waals surface area contributed by atoms with Gasteiger partial charge < -0.3 is 15.1 Å². The van der Waals surface area contributed by atoms with E-state index in [1.54, 1.807) is 13.1 Å². The summed E-state index contributed by atoms with van der Waals surface area (Å²) in [5.41, 5.74) is 1.59. The van der Waals surface area contributed by atoms with Crippen LogP contribution in [-0.4, -0.2) is 31.2 Å². The third kappa shape index (κ3) is 2.61. The minimum Gasteiger partial charge on any atom is -0.442 e. The van der Waals surface area contributed by atoms with Crippen LogP contribution >= 0.6 is 0 Å². The van der Waals surface area contributed by atoms with Crippen LogP contribution in [0.15, 0.2) is 23.1 Å². The lowest BCUT2D eigenvalue weighted by atomic mass is 10.1. The molecule has 0 unspecified atom stereocenters. The molecule has 3 aromatic heterocycles. The smallest absolute Gasteiger partial charge is 0.260 e. The number of fused-ring (bicyclic) bond motifs is 1. The Balaban J connectivity index is 1.50. The SMILES string of the molecule is Cc1oc2ncnc(NC3(C)CC3)c2c1C(=O)Nc1cnn(C2CC2)c1. The number of carbonyl (C=O) groups is 1. The molecule has 26 heavy (non-hydrogen) atoms. The molecule has 0 atom stereocenters. The van der Waals surface area contributed by atoms with E-state index >= 15 is 0 Å². The topological polar surface area (TPSA) is 97.9 Å². The molecule has 3 heterocycles. The van der Waals surface area contributed by atoms with Gasteiger partial charge in [0.05, 0.1) is 28.9 Å². The van der Waals surface area contributed by atoms with Crippen molar-refractivity contribution in [2.24, 2.45) is 0 Å². The highest BCUT2D eigenvalue weighted by atomic mass is 16.3. The Morgan fingerprint density at radius 3 is 2.88 bits per heavy atom. The van der Waals surface area contributed by atoms with Gasteiger partial charge in [-0.25, -0.2) is 9.97 Å². The van der Waals surface area contributed by atoms with E-state index in [0.717, 1.165) is 25.7 Å². The van der Waals surface area contributed by atoms with E-state index in [1.165, 1.54) is 6.33 Å². The first-order valence-corrected chi connectivity index (χ1v) is 8.90. The zero-order valence-electron chi connectivity index (χ0n) is 14.7. The lowest BCUT2D eigenvalue weighted by molar-refractivity contribution is 0.102. The van der Waals surface area contributed by atoms with Crippen molar-refractivity contribution in [3.8, 4) is 0 Å². The maximum absolute atomic E-state index is 12.9. The molecule has 2 saturated carbocycles. The molecule has 2 aliphatic rings. The van der Waals surface area contributed by atoms with E-state index in [-0.39, 0.29) is 11.4 Å². The first kappa shape index (κ1) is 15.4. The summed E-state index contributed by atoms with van der Waals surface area (Å²) in [6, 6.07) is 0.473. The van der Waals surface area contributed by atoms with Gasteiger partial charge >= 0.3 is 0 Å². The number of anilines is 2. The second-order valence-corrected chi connectivity index (χ2v) is 7.52. The van der Waals surface area contributed by atoms with Crippen molar-refractivity contribution in [3.05, 3.63) is 30.0 Å². The van der Waals surface area contributed by atoms with Gasteiger partial charge in [0.1, 0.15) is 17.9 Å². The number of nitrogens with zero attached hydrogens (tertiary/aromatic N) is 4. The molecule has 0 aliphatic heterocycles. The summed E-state index contributed by atoms with van der Waals surface area (Å²) in [5, 5.41) is 11.3. The van der Waals surface area contributed by atoms with Crippen molar-refractivity contribution < 1.29 is 9.21 Å². The summed E-state index contributed by atoms with van der Waals surface area (Å²) in [4.78, 5) is 21.5. The summed E-state index contributed by atoms with van der Waals surface area (Å²) in [6.07, 6.45) is 9.45. The zero-order valence-corrected chi connectivity index (χ0v) is 14.7. The molecule has 2 fully saturated rings. The van der Waals surface area contributed by atoms with E-state index in [1.807, 2.05) is 10.9 Å². The number of hydrogen-bond donors (Lipinski definition) is 2. The van der Waals surface area contributed by atoms with Gasteiger partial charge in [-0.15, -0.1) is 0 Å². The van der Waals surface area contributed by atoms with Gasteiger partial charge in [-0.1, -0.05) is 0 Å². The molecule has 2 N–H and O–H groups in total. The van der Waals surface area contributed by atoms with Crippen molar-refractivity contribution in [1.29, 1.82) is 0 Å². The molecule has 8 heteroatoms. The number of hydrogen-bond acceptors (Lipinski definition) is 6. The Morgan fingerprint density at radius 1 is 1.35 bits per heavy atom. The Kier molecular flexibility index (Phi) is 3.13.